The number of aryl methyl sites for hydroxylation is 2. The summed E-state index contributed by atoms with van der Waals surface area (Å²) in [4.78, 5) is 33.4. The van der Waals surface area contributed by atoms with E-state index in [2.05, 4.69) is 20.2 Å². The van der Waals surface area contributed by atoms with Gasteiger partial charge in [-0.2, -0.15) is 10.1 Å². The zero-order valence-corrected chi connectivity index (χ0v) is 18.2. The first-order valence-corrected chi connectivity index (χ1v) is 10.2. The summed E-state index contributed by atoms with van der Waals surface area (Å²) in [6, 6.07) is 12.9. The van der Waals surface area contributed by atoms with Gasteiger partial charge in [0.15, 0.2) is 11.3 Å². The second kappa shape index (κ2) is 7.90. The molecule has 0 aliphatic carbocycles. The van der Waals surface area contributed by atoms with Crippen molar-refractivity contribution in [2.75, 3.05) is 7.11 Å². The van der Waals surface area contributed by atoms with E-state index in [9.17, 15) is 9.59 Å². The molecule has 0 bridgehead atoms. The van der Waals surface area contributed by atoms with E-state index < -0.39 is 5.97 Å². The molecule has 0 saturated carbocycles. The molecule has 10 heteroatoms. The summed E-state index contributed by atoms with van der Waals surface area (Å²) in [6.45, 7) is 3.91. The van der Waals surface area contributed by atoms with Crippen LogP contribution in [0.5, 0.6) is 5.88 Å². The Morgan fingerprint density at radius 3 is 2.64 bits per heavy atom. The highest BCUT2D eigenvalue weighted by Crippen LogP contribution is 2.27. The highest BCUT2D eigenvalue weighted by atomic mass is 16.5. The summed E-state index contributed by atoms with van der Waals surface area (Å²) >= 11 is 0. The fourth-order valence-electron chi connectivity index (χ4n) is 3.81. The van der Waals surface area contributed by atoms with E-state index in [0.29, 0.717) is 17.2 Å². The number of para-hydroxylation sites is 1. The van der Waals surface area contributed by atoms with E-state index in [-0.39, 0.29) is 23.4 Å². The number of benzene rings is 1. The Morgan fingerprint density at radius 2 is 1.88 bits per heavy atom. The van der Waals surface area contributed by atoms with Gasteiger partial charge in [0.25, 0.3) is 5.56 Å². The number of hydrogen-bond donors (Lipinski definition) is 1. The molecule has 0 radical (unpaired) electrons. The van der Waals surface area contributed by atoms with Crippen molar-refractivity contribution in [1.29, 1.82) is 0 Å². The van der Waals surface area contributed by atoms with Crippen molar-refractivity contribution in [1.82, 2.24) is 29.4 Å². The molecule has 0 spiro atoms. The molecule has 0 fully saturated rings. The molecule has 5 rings (SSSR count). The number of esters is 1. The van der Waals surface area contributed by atoms with Crippen molar-refractivity contribution in [3.05, 3.63) is 81.5 Å². The minimum Gasteiger partial charge on any atom is -0.471 e. The summed E-state index contributed by atoms with van der Waals surface area (Å²) in [6.07, 6.45) is 1.38. The van der Waals surface area contributed by atoms with E-state index in [0.717, 1.165) is 22.3 Å². The zero-order valence-electron chi connectivity index (χ0n) is 18.2. The average molecular weight is 444 g/mol. The number of aromatic nitrogens is 6. The first-order valence-electron chi connectivity index (χ1n) is 10.2. The molecule has 0 aliphatic rings. The molecule has 0 saturated heterocycles. The van der Waals surface area contributed by atoms with E-state index in [1.807, 2.05) is 50.2 Å². The van der Waals surface area contributed by atoms with Crippen LogP contribution in [-0.2, 0) is 11.3 Å². The van der Waals surface area contributed by atoms with Gasteiger partial charge in [0.1, 0.15) is 12.2 Å². The van der Waals surface area contributed by atoms with Crippen LogP contribution in [0.4, 0.5) is 0 Å². The molecule has 33 heavy (non-hydrogen) atoms. The summed E-state index contributed by atoms with van der Waals surface area (Å²) in [5, 5.41) is 8.31. The number of carbonyl (C=O) groups is 1. The topological polar surface area (TPSA) is 116 Å². The van der Waals surface area contributed by atoms with Gasteiger partial charge in [0.05, 0.1) is 24.2 Å². The summed E-state index contributed by atoms with van der Waals surface area (Å²) in [5.74, 6) is -0.215. The second-order valence-corrected chi connectivity index (χ2v) is 7.52. The van der Waals surface area contributed by atoms with Gasteiger partial charge in [-0.25, -0.2) is 19.0 Å². The Kier molecular flexibility index (Phi) is 4.89. The largest absolute Gasteiger partial charge is 0.471 e. The first kappa shape index (κ1) is 20.4. The minimum absolute atomic E-state index is 0.00602. The fourth-order valence-corrected chi connectivity index (χ4v) is 3.81. The number of rotatable bonds is 5. The summed E-state index contributed by atoms with van der Waals surface area (Å²) in [5.41, 5.74) is 3.73. The Morgan fingerprint density at radius 1 is 1.09 bits per heavy atom. The Hall–Kier alpha value is -4.47. The summed E-state index contributed by atoms with van der Waals surface area (Å²) in [7, 11) is 1.27. The number of nitrogens with zero attached hydrogens (tertiary/aromatic N) is 5. The standard InChI is InChI=1S/C23H20N6O4/c1-13-9-18(26-22-20(13)14(2)27-28(22)16-7-5-4-6-8-16)33-12-15-10-19(30)29-21(25-15)17(11-24-29)23(31)32-3/h4-11,24H,12H2,1-3H3. The third kappa shape index (κ3) is 3.51. The van der Waals surface area contributed by atoms with Crippen LogP contribution < -0.4 is 10.3 Å². The number of nitrogens with one attached hydrogen (secondary N) is 1. The van der Waals surface area contributed by atoms with Crippen LogP contribution >= 0.6 is 0 Å². The number of aromatic amines is 1. The van der Waals surface area contributed by atoms with Gasteiger partial charge in [-0.3, -0.25) is 9.89 Å². The maximum Gasteiger partial charge on any atom is 0.343 e. The number of pyridine rings is 1. The molecule has 1 aromatic carbocycles. The predicted molar refractivity (Wildman–Crippen MR) is 120 cm³/mol. The van der Waals surface area contributed by atoms with Crippen molar-refractivity contribution >= 4 is 22.6 Å². The van der Waals surface area contributed by atoms with Crippen molar-refractivity contribution in [2.45, 2.75) is 20.5 Å². The van der Waals surface area contributed by atoms with Gasteiger partial charge in [-0.1, -0.05) is 18.2 Å². The molecule has 1 N–H and O–H groups in total. The Labute approximate surface area is 187 Å². The number of ether oxygens (including phenoxy) is 2. The van der Waals surface area contributed by atoms with Crippen LogP contribution in [0.15, 0.2) is 53.5 Å². The second-order valence-electron chi connectivity index (χ2n) is 7.52. The molecule has 0 atom stereocenters. The van der Waals surface area contributed by atoms with E-state index in [1.54, 1.807) is 4.68 Å². The molecule has 10 nitrogen and oxygen atoms in total. The van der Waals surface area contributed by atoms with Gasteiger partial charge in [0.2, 0.25) is 5.88 Å². The van der Waals surface area contributed by atoms with Crippen LogP contribution in [0.25, 0.3) is 22.4 Å². The highest BCUT2D eigenvalue weighted by molar-refractivity contribution is 5.95. The van der Waals surface area contributed by atoms with Crippen LogP contribution in [0, 0.1) is 13.8 Å². The molecule has 0 unspecified atom stereocenters. The van der Waals surface area contributed by atoms with E-state index in [1.165, 1.54) is 23.9 Å². The van der Waals surface area contributed by atoms with Crippen molar-refractivity contribution in [2.24, 2.45) is 0 Å². The predicted octanol–water partition coefficient (Wildman–Crippen LogP) is 2.74. The SMILES string of the molecule is COC(=O)c1c[nH]n2c(=O)cc(COc3cc(C)c4c(C)nn(-c5ccccc5)c4n3)nc12. The van der Waals surface area contributed by atoms with Crippen LogP contribution in [0.1, 0.15) is 27.3 Å². The van der Waals surface area contributed by atoms with Gasteiger partial charge >= 0.3 is 5.97 Å². The first-order chi connectivity index (χ1) is 16.0. The number of methoxy groups -OCH3 is 1. The fraction of sp³-hybridized carbons (Fsp3) is 0.174. The van der Waals surface area contributed by atoms with Gasteiger partial charge in [-0.15, -0.1) is 0 Å². The van der Waals surface area contributed by atoms with E-state index in [4.69, 9.17) is 9.47 Å². The lowest BCUT2D eigenvalue weighted by atomic mass is 10.2. The Bertz CT molecular complexity index is 1570. The van der Waals surface area contributed by atoms with Gasteiger partial charge < -0.3 is 9.47 Å². The molecular weight excluding hydrogens is 424 g/mol. The smallest absolute Gasteiger partial charge is 0.343 e. The van der Waals surface area contributed by atoms with Crippen LogP contribution in [0.2, 0.25) is 0 Å². The van der Waals surface area contributed by atoms with Crippen LogP contribution in [0.3, 0.4) is 0 Å². The monoisotopic (exact) mass is 444 g/mol. The van der Waals surface area contributed by atoms with Crippen molar-refractivity contribution in [3.63, 3.8) is 0 Å². The minimum atomic E-state index is -0.592. The molecule has 166 valence electrons. The number of H-pyrrole nitrogens is 1. The summed E-state index contributed by atoms with van der Waals surface area (Å²) < 4.78 is 13.6. The molecule has 4 aromatic heterocycles. The van der Waals surface area contributed by atoms with Crippen molar-refractivity contribution in [3.8, 4) is 11.6 Å². The molecule has 0 amide bonds. The normalized spacial score (nSPS) is 11.2. The third-order valence-corrected chi connectivity index (χ3v) is 5.31. The average Bonchev–Trinajstić information content (AvgIpc) is 3.39. The quantitative estimate of drug-likeness (QED) is 0.414. The number of carbonyl (C=O) groups excluding carboxylic acids is 1. The maximum atomic E-state index is 12.4. The molecule has 5 aromatic rings. The van der Waals surface area contributed by atoms with Gasteiger partial charge in [0, 0.05) is 23.7 Å². The molecule has 0 aliphatic heterocycles. The Balaban J connectivity index is 1.51. The molecule has 4 heterocycles. The third-order valence-electron chi connectivity index (χ3n) is 5.31. The maximum absolute atomic E-state index is 12.4. The molecular formula is C23H20N6O4. The lowest BCUT2D eigenvalue weighted by molar-refractivity contribution is 0.0602. The van der Waals surface area contributed by atoms with E-state index >= 15 is 0 Å². The van der Waals surface area contributed by atoms with Crippen LogP contribution in [-0.4, -0.2) is 42.4 Å². The zero-order chi connectivity index (χ0) is 23.1. The number of hydrogen-bond acceptors (Lipinski definition) is 7. The van der Waals surface area contributed by atoms with Crippen molar-refractivity contribution < 1.29 is 14.3 Å². The highest BCUT2D eigenvalue weighted by Gasteiger charge is 2.17. The lowest BCUT2D eigenvalue weighted by Gasteiger charge is -2.08. The number of fused-ring (bicyclic) bond motifs is 2. The van der Waals surface area contributed by atoms with Gasteiger partial charge in [-0.05, 0) is 31.5 Å². The lowest BCUT2D eigenvalue weighted by Crippen LogP contribution is -2.17.